The number of rotatable bonds is 10. The number of amides is 1. The van der Waals surface area contributed by atoms with Crippen molar-refractivity contribution in [1.82, 2.24) is 9.99 Å². The molecule has 1 aromatic heterocycles. The Morgan fingerprint density at radius 2 is 1.54 bits per heavy atom. The van der Waals surface area contributed by atoms with Crippen molar-refractivity contribution in [3.05, 3.63) is 101 Å². The molecule has 3 aromatic carbocycles. The Morgan fingerprint density at radius 3 is 2.15 bits per heavy atom. The largest absolute Gasteiger partial charge is 0.497 e. The predicted molar refractivity (Wildman–Crippen MR) is 161 cm³/mol. The number of methoxy groups -OCH3 is 2. The van der Waals surface area contributed by atoms with Crippen molar-refractivity contribution in [2.45, 2.75) is 32.6 Å². The summed E-state index contributed by atoms with van der Waals surface area (Å²) in [5.41, 5.74) is 8.57. The van der Waals surface area contributed by atoms with E-state index in [9.17, 15) is 13.2 Å². The molecule has 0 aliphatic carbocycles. The van der Waals surface area contributed by atoms with Gasteiger partial charge in [0.05, 0.1) is 31.0 Å². The lowest BCUT2D eigenvalue weighted by Crippen LogP contribution is -2.39. The zero-order valence-corrected chi connectivity index (χ0v) is 24.8. The second-order valence-electron chi connectivity index (χ2n) is 9.65. The van der Waals surface area contributed by atoms with Crippen molar-refractivity contribution < 1.29 is 22.7 Å². The van der Waals surface area contributed by atoms with Gasteiger partial charge in [-0.2, -0.15) is 5.10 Å². The molecule has 214 valence electrons. The molecule has 0 aliphatic heterocycles. The fourth-order valence-electron chi connectivity index (χ4n) is 4.48. The third-order valence-electron chi connectivity index (χ3n) is 6.71. The minimum absolute atomic E-state index is 0.0424. The molecule has 0 radical (unpaired) electrons. The number of nitrogens with one attached hydrogen (secondary N) is 1. The summed E-state index contributed by atoms with van der Waals surface area (Å²) in [5, 5.41) is 4.14. The third-order valence-corrected chi connectivity index (χ3v) is 8.48. The van der Waals surface area contributed by atoms with E-state index < -0.39 is 22.5 Å². The van der Waals surface area contributed by atoms with E-state index in [4.69, 9.17) is 9.47 Å². The Balaban J connectivity index is 1.60. The topological polar surface area (TPSA) is 102 Å². The van der Waals surface area contributed by atoms with Crippen LogP contribution in [0.3, 0.4) is 0 Å². The van der Waals surface area contributed by atoms with Gasteiger partial charge in [-0.25, -0.2) is 13.8 Å². The van der Waals surface area contributed by atoms with E-state index in [1.54, 1.807) is 36.5 Å². The van der Waals surface area contributed by atoms with Gasteiger partial charge in [0.2, 0.25) is 0 Å². The number of hydrogen-bond donors (Lipinski definition) is 1. The van der Waals surface area contributed by atoms with Crippen molar-refractivity contribution in [2.75, 3.05) is 25.1 Å². The Labute approximate surface area is 241 Å². The van der Waals surface area contributed by atoms with Crippen LogP contribution in [0.4, 0.5) is 5.69 Å². The molecule has 41 heavy (non-hydrogen) atoms. The summed E-state index contributed by atoms with van der Waals surface area (Å²) in [4.78, 5) is 13.1. The molecule has 0 fully saturated rings. The molecule has 0 saturated carbocycles. The lowest BCUT2D eigenvalue weighted by molar-refractivity contribution is -0.119. The number of sulfonamides is 1. The van der Waals surface area contributed by atoms with Crippen molar-refractivity contribution in [1.29, 1.82) is 0 Å². The van der Waals surface area contributed by atoms with Gasteiger partial charge in [0.25, 0.3) is 15.9 Å². The van der Waals surface area contributed by atoms with E-state index in [0.717, 1.165) is 32.5 Å². The summed E-state index contributed by atoms with van der Waals surface area (Å²) in [6, 6.07) is 21.3. The van der Waals surface area contributed by atoms with Gasteiger partial charge < -0.3 is 14.0 Å². The van der Waals surface area contributed by atoms with Gasteiger partial charge in [-0.15, -0.1) is 0 Å². The number of carbonyl (C=O) groups excluding carboxylic acids is 1. The highest BCUT2D eigenvalue weighted by Gasteiger charge is 2.29. The van der Waals surface area contributed by atoms with E-state index >= 15 is 0 Å². The number of benzene rings is 3. The van der Waals surface area contributed by atoms with Crippen LogP contribution in [-0.2, 0) is 14.8 Å². The maximum Gasteiger partial charge on any atom is 0.264 e. The van der Waals surface area contributed by atoms with Gasteiger partial charge in [0, 0.05) is 28.7 Å². The lowest BCUT2D eigenvalue weighted by Gasteiger charge is -2.25. The molecule has 1 heterocycles. The summed E-state index contributed by atoms with van der Waals surface area (Å²) in [5.74, 6) is 0.0950. The molecule has 10 heteroatoms. The lowest BCUT2D eigenvalue weighted by atomic mass is 10.2. The van der Waals surface area contributed by atoms with Crippen LogP contribution in [0.2, 0.25) is 0 Å². The van der Waals surface area contributed by atoms with Crippen molar-refractivity contribution >= 4 is 27.8 Å². The van der Waals surface area contributed by atoms with Gasteiger partial charge in [-0.1, -0.05) is 35.4 Å². The fraction of sp³-hybridized carbons (Fsp3) is 0.226. The highest BCUT2D eigenvalue weighted by Crippen LogP contribution is 2.35. The highest BCUT2D eigenvalue weighted by molar-refractivity contribution is 7.92. The minimum atomic E-state index is -4.14. The first-order valence-corrected chi connectivity index (χ1v) is 14.4. The molecule has 0 atom stereocenters. The van der Waals surface area contributed by atoms with Gasteiger partial charge >= 0.3 is 0 Å². The molecule has 0 unspecified atom stereocenters. The van der Waals surface area contributed by atoms with E-state index in [2.05, 4.69) is 39.4 Å². The van der Waals surface area contributed by atoms with Crippen molar-refractivity contribution in [2.24, 2.45) is 5.10 Å². The maximum atomic E-state index is 13.8. The summed E-state index contributed by atoms with van der Waals surface area (Å²) < 4.78 is 41.3. The van der Waals surface area contributed by atoms with E-state index in [0.29, 0.717) is 5.75 Å². The number of nitrogens with zero attached hydrogens (tertiary/aromatic N) is 3. The van der Waals surface area contributed by atoms with E-state index in [1.807, 2.05) is 33.8 Å². The van der Waals surface area contributed by atoms with Crippen LogP contribution in [0.1, 0.15) is 28.1 Å². The average molecular weight is 575 g/mol. The molecule has 9 nitrogen and oxygen atoms in total. The zero-order chi connectivity index (χ0) is 29.7. The Kier molecular flexibility index (Phi) is 8.83. The predicted octanol–water partition coefficient (Wildman–Crippen LogP) is 5.07. The van der Waals surface area contributed by atoms with Crippen LogP contribution < -0.4 is 19.2 Å². The van der Waals surface area contributed by atoms with Crippen LogP contribution in [0, 0.1) is 27.7 Å². The van der Waals surface area contributed by atoms with Gasteiger partial charge in [-0.05, 0) is 70.2 Å². The number of carbonyl (C=O) groups is 1. The molecular weight excluding hydrogens is 540 g/mol. The summed E-state index contributed by atoms with van der Waals surface area (Å²) in [7, 11) is -1.22. The number of aryl methyl sites for hydroxylation is 3. The minimum Gasteiger partial charge on any atom is -0.497 e. The number of anilines is 1. The normalized spacial score (nSPS) is 11.5. The van der Waals surface area contributed by atoms with Crippen LogP contribution >= 0.6 is 0 Å². The Hall–Kier alpha value is -4.57. The third kappa shape index (κ3) is 6.44. The van der Waals surface area contributed by atoms with Crippen LogP contribution in [0.5, 0.6) is 11.5 Å². The monoisotopic (exact) mass is 574 g/mol. The van der Waals surface area contributed by atoms with Gasteiger partial charge in [-0.3, -0.25) is 9.10 Å². The molecule has 1 N–H and O–H groups in total. The number of hydrazone groups is 1. The quantitative estimate of drug-likeness (QED) is 0.210. The molecule has 0 spiro atoms. The van der Waals surface area contributed by atoms with Gasteiger partial charge in [0.15, 0.2) is 0 Å². The fourth-order valence-corrected chi connectivity index (χ4v) is 5.91. The molecule has 4 rings (SSSR count). The SMILES string of the molecule is COc1ccc(N(CC(=O)N/N=C\c2cc(C)n(-c3ccc(C)cc3)c2C)S(=O)(=O)c2ccc(C)cc2)c(OC)c1. The second kappa shape index (κ2) is 12.3. The summed E-state index contributed by atoms with van der Waals surface area (Å²) >= 11 is 0. The van der Waals surface area contributed by atoms with Crippen molar-refractivity contribution in [3.63, 3.8) is 0 Å². The molecular formula is C31H34N4O5S. The number of hydrogen-bond acceptors (Lipinski definition) is 6. The maximum absolute atomic E-state index is 13.8. The van der Waals surface area contributed by atoms with Crippen LogP contribution in [0.15, 0.2) is 82.8 Å². The first kappa shape index (κ1) is 29.4. The molecule has 0 bridgehead atoms. The molecule has 4 aromatic rings. The average Bonchev–Trinajstić information content (AvgIpc) is 3.24. The van der Waals surface area contributed by atoms with E-state index in [-0.39, 0.29) is 16.3 Å². The molecule has 0 saturated heterocycles. The molecule has 1 amide bonds. The standard InChI is InChI=1S/C31H34N4O5S/c1-21-7-11-26(12-8-21)35-23(3)17-25(24(35)4)19-32-33-31(36)20-34(29-16-13-27(39-5)18-30(29)40-6)41(37,38)28-14-9-22(2)10-15-28/h7-19H,20H2,1-6H3,(H,33,36)/b32-19-. The summed E-state index contributed by atoms with van der Waals surface area (Å²) in [6.45, 7) is 7.35. The van der Waals surface area contributed by atoms with Crippen molar-refractivity contribution in [3.8, 4) is 17.2 Å². The molecule has 0 aliphatic rings. The van der Waals surface area contributed by atoms with Gasteiger partial charge in [0.1, 0.15) is 18.0 Å². The van der Waals surface area contributed by atoms with E-state index in [1.165, 1.54) is 31.9 Å². The Bertz CT molecular complexity index is 1670. The number of ether oxygens (including phenoxy) is 2. The second-order valence-corrected chi connectivity index (χ2v) is 11.5. The van der Waals surface area contributed by atoms with Crippen LogP contribution in [-0.4, -0.2) is 45.9 Å². The summed E-state index contributed by atoms with van der Waals surface area (Å²) in [6.07, 6.45) is 1.55. The highest BCUT2D eigenvalue weighted by atomic mass is 32.2. The number of aromatic nitrogens is 1. The first-order chi connectivity index (χ1) is 19.5. The Morgan fingerprint density at radius 1 is 0.902 bits per heavy atom. The van der Waals surface area contributed by atoms with Crippen LogP contribution in [0.25, 0.3) is 5.69 Å². The zero-order valence-electron chi connectivity index (χ0n) is 24.0. The smallest absolute Gasteiger partial charge is 0.264 e. The first-order valence-electron chi connectivity index (χ1n) is 12.9.